The molecule has 0 bridgehead atoms. The molecule has 194 valence electrons. The molecule has 4 aromatic carbocycles. The van der Waals surface area contributed by atoms with Crippen LogP contribution in [0.5, 0.6) is 23.0 Å². The molecule has 0 fully saturated rings. The van der Waals surface area contributed by atoms with Crippen molar-refractivity contribution in [3.05, 3.63) is 95.5 Å². The molecule has 2 heterocycles. The quantitative estimate of drug-likeness (QED) is 0.220. The summed E-state index contributed by atoms with van der Waals surface area (Å²) >= 11 is 3.88. The van der Waals surface area contributed by atoms with E-state index < -0.39 is 17.6 Å². The molecule has 0 saturated heterocycles. The second-order valence-corrected chi connectivity index (χ2v) is 9.92. The molecule has 0 N–H and O–H groups in total. The zero-order valence-corrected chi connectivity index (χ0v) is 22.1. The molecule has 2 atom stereocenters. The van der Waals surface area contributed by atoms with Crippen molar-refractivity contribution in [2.45, 2.75) is 26.0 Å². The number of nitrogens with zero attached hydrogens (tertiary/aromatic N) is 2. The smallest absolute Gasteiger partial charge is 0.152 e. The second kappa shape index (κ2) is 10.3. The van der Waals surface area contributed by atoms with Crippen LogP contribution in [-0.4, -0.2) is 21.5 Å². The zero-order valence-electron chi connectivity index (χ0n) is 20.5. The standard InChI is InChI=1S/C29H25ClN2O5S/c1-2-19-9-7-15-25-28(19)32(22-12-4-6-14-24(22)36-25)27(37-38(33)34)17-18-31-21-11-3-5-13-23(21)35-26-16-8-10-20(30)29(26)31/h3-16,27H,2,17-18H2,1H3,(H,33,34)/p-1. The Balaban J connectivity index is 1.43. The maximum absolute atomic E-state index is 12.0. The Bertz CT molecular complexity index is 1530. The molecule has 2 aliphatic rings. The predicted octanol–water partition coefficient (Wildman–Crippen LogP) is 7.62. The lowest BCUT2D eigenvalue weighted by Crippen LogP contribution is -2.39. The summed E-state index contributed by atoms with van der Waals surface area (Å²) in [6, 6.07) is 26.6. The summed E-state index contributed by atoms with van der Waals surface area (Å²) in [5, 5.41) is 0.539. The van der Waals surface area contributed by atoms with E-state index in [0.717, 1.165) is 34.7 Å². The van der Waals surface area contributed by atoms with E-state index in [1.807, 2.05) is 89.8 Å². The van der Waals surface area contributed by atoms with E-state index in [0.29, 0.717) is 41.0 Å². The number of rotatable bonds is 7. The summed E-state index contributed by atoms with van der Waals surface area (Å²) in [5.41, 5.74) is 4.12. The molecule has 7 nitrogen and oxygen atoms in total. The largest absolute Gasteiger partial charge is 0.750 e. The fourth-order valence-electron chi connectivity index (χ4n) is 5.12. The molecular formula is C29H24ClN2O5S-. The van der Waals surface area contributed by atoms with Crippen molar-refractivity contribution >= 4 is 45.7 Å². The van der Waals surface area contributed by atoms with Crippen molar-refractivity contribution in [2.24, 2.45) is 0 Å². The summed E-state index contributed by atoms with van der Waals surface area (Å²) in [5.74, 6) is 2.61. The molecule has 0 aliphatic carbocycles. The zero-order chi connectivity index (χ0) is 26.2. The number of halogens is 1. The Labute approximate surface area is 228 Å². The first-order valence-corrected chi connectivity index (χ1v) is 13.7. The number of benzene rings is 4. The molecule has 4 aromatic rings. The number of hydrogen-bond donors (Lipinski definition) is 0. The van der Waals surface area contributed by atoms with Crippen molar-refractivity contribution in [1.82, 2.24) is 0 Å². The maximum Gasteiger partial charge on any atom is 0.152 e. The SMILES string of the molecule is CCc1cccc2c1N(C(CCN1c3ccccc3Oc3cccc(Cl)c31)OS(=O)[O-])c1ccccc1O2. The highest BCUT2D eigenvalue weighted by atomic mass is 35.5. The van der Waals surface area contributed by atoms with E-state index in [9.17, 15) is 8.76 Å². The molecule has 0 amide bonds. The number of ether oxygens (including phenoxy) is 2. The van der Waals surface area contributed by atoms with Crippen LogP contribution >= 0.6 is 11.6 Å². The highest BCUT2D eigenvalue weighted by molar-refractivity contribution is 7.74. The van der Waals surface area contributed by atoms with Crippen molar-refractivity contribution < 1.29 is 22.4 Å². The summed E-state index contributed by atoms with van der Waals surface area (Å²) in [6.45, 7) is 2.46. The Morgan fingerprint density at radius 3 is 2.16 bits per heavy atom. The van der Waals surface area contributed by atoms with Gasteiger partial charge in [-0.1, -0.05) is 61.0 Å². The monoisotopic (exact) mass is 547 g/mol. The van der Waals surface area contributed by atoms with E-state index in [1.54, 1.807) is 0 Å². The number of para-hydroxylation sites is 6. The molecule has 2 unspecified atom stereocenters. The summed E-state index contributed by atoms with van der Waals surface area (Å²) < 4.78 is 41.9. The Hall–Kier alpha value is -3.56. The third-order valence-corrected chi connectivity index (χ3v) is 7.41. The molecule has 0 saturated carbocycles. The Morgan fingerprint density at radius 1 is 0.842 bits per heavy atom. The first-order chi connectivity index (χ1) is 18.5. The molecular weight excluding hydrogens is 524 g/mol. The van der Waals surface area contributed by atoms with Gasteiger partial charge in [0, 0.05) is 13.0 Å². The molecule has 0 spiro atoms. The van der Waals surface area contributed by atoms with Crippen LogP contribution in [0.1, 0.15) is 18.9 Å². The van der Waals surface area contributed by atoms with E-state index in [2.05, 4.69) is 11.8 Å². The van der Waals surface area contributed by atoms with Gasteiger partial charge >= 0.3 is 0 Å². The number of anilines is 4. The van der Waals surface area contributed by atoms with E-state index in [-0.39, 0.29) is 0 Å². The van der Waals surface area contributed by atoms with Gasteiger partial charge in [-0.25, -0.2) is 4.21 Å². The van der Waals surface area contributed by atoms with Gasteiger partial charge < -0.3 is 23.8 Å². The lowest BCUT2D eigenvalue weighted by molar-refractivity contribution is 0.196. The highest BCUT2D eigenvalue weighted by Crippen LogP contribution is 2.52. The molecule has 6 rings (SSSR count). The number of aryl methyl sites for hydroxylation is 1. The van der Waals surface area contributed by atoms with Crippen molar-refractivity contribution in [3.63, 3.8) is 0 Å². The molecule has 9 heteroatoms. The normalized spacial score (nSPS) is 14.8. The van der Waals surface area contributed by atoms with Gasteiger partial charge in [0.1, 0.15) is 5.69 Å². The van der Waals surface area contributed by atoms with E-state index in [4.69, 9.17) is 25.3 Å². The minimum atomic E-state index is -2.76. The average Bonchev–Trinajstić information content (AvgIpc) is 2.93. The van der Waals surface area contributed by atoms with Gasteiger partial charge in [-0.05, 0) is 54.4 Å². The van der Waals surface area contributed by atoms with Crippen LogP contribution in [0.4, 0.5) is 22.7 Å². The van der Waals surface area contributed by atoms with Crippen LogP contribution in [0.2, 0.25) is 5.02 Å². The molecule has 38 heavy (non-hydrogen) atoms. The van der Waals surface area contributed by atoms with E-state index >= 15 is 0 Å². The summed E-state index contributed by atoms with van der Waals surface area (Å²) in [7, 11) is 0. The van der Waals surface area contributed by atoms with Crippen molar-refractivity contribution in [3.8, 4) is 23.0 Å². The minimum absolute atomic E-state index is 0.318. The first-order valence-electron chi connectivity index (χ1n) is 12.3. The van der Waals surface area contributed by atoms with Gasteiger partial charge in [0.25, 0.3) is 0 Å². The Kier molecular flexibility index (Phi) is 6.71. The number of fused-ring (bicyclic) bond motifs is 4. The van der Waals surface area contributed by atoms with Crippen LogP contribution < -0.4 is 19.3 Å². The van der Waals surface area contributed by atoms with Gasteiger partial charge in [0.2, 0.25) is 0 Å². The third-order valence-electron chi connectivity index (χ3n) is 6.72. The fourth-order valence-corrected chi connectivity index (χ4v) is 5.75. The summed E-state index contributed by atoms with van der Waals surface area (Å²) in [6.07, 6.45) is 0.197. The van der Waals surface area contributed by atoms with Gasteiger partial charge in [0.05, 0.1) is 33.4 Å². The maximum atomic E-state index is 12.0. The van der Waals surface area contributed by atoms with Crippen molar-refractivity contribution in [2.75, 3.05) is 16.3 Å². The van der Waals surface area contributed by atoms with Crippen molar-refractivity contribution in [1.29, 1.82) is 0 Å². The lowest BCUT2D eigenvalue weighted by Gasteiger charge is -2.40. The second-order valence-electron chi connectivity index (χ2n) is 8.91. The van der Waals surface area contributed by atoms with E-state index in [1.165, 1.54) is 0 Å². The lowest BCUT2D eigenvalue weighted by atomic mass is 10.0. The fraction of sp³-hybridized carbons (Fsp3) is 0.172. The predicted molar refractivity (Wildman–Crippen MR) is 148 cm³/mol. The van der Waals surface area contributed by atoms with Gasteiger partial charge in [-0.2, -0.15) is 0 Å². The summed E-state index contributed by atoms with van der Waals surface area (Å²) in [4.78, 5) is 3.99. The van der Waals surface area contributed by atoms with Crippen LogP contribution in [0.3, 0.4) is 0 Å². The molecule has 0 radical (unpaired) electrons. The Morgan fingerprint density at radius 2 is 1.45 bits per heavy atom. The third kappa shape index (κ3) is 4.39. The van der Waals surface area contributed by atoms with Gasteiger partial charge in [-0.3, -0.25) is 4.18 Å². The number of hydrogen-bond acceptors (Lipinski definition) is 7. The highest BCUT2D eigenvalue weighted by Gasteiger charge is 2.34. The minimum Gasteiger partial charge on any atom is -0.750 e. The average molecular weight is 548 g/mol. The molecule has 2 aliphatic heterocycles. The van der Waals surface area contributed by atoms with Gasteiger partial charge in [-0.15, -0.1) is 0 Å². The van der Waals surface area contributed by atoms with Crippen LogP contribution in [0.15, 0.2) is 84.9 Å². The first kappa shape index (κ1) is 24.8. The van der Waals surface area contributed by atoms with Crippen LogP contribution in [0, 0.1) is 0 Å². The van der Waals surface area contributed by atoms with Crippen LogP contribution in [0.25, 0.3) is 0 Å². The molecule has 0 aromatic heterocycles. The topological polar surface area (TPSA) is 74.3 Å². The van der Waals surface area contributed by atoms with Gasteiger partial charge in [0.15, 0.2) is 29.2 Å². The van der Waals surface area contributed by atoms with Crippen LogP contribution in [-0.2, 0) is 22.0 Å².